The van der Waals surface area contributed by atoms with Gasteiger partial charge in [-0.3, -0.25) is 9.69 Å². The van der Waals surface area contributed by atoms with Crippen LogP contribution in [-0.4, -0.2) is 15.3 Å². The third kappa shape index (κ3) is 3.58. The van der Waals surface area contributed by atoms with Gasteiger partial charge in [0, 0.05) is 6.07 Å². The summed E-state index contributed by atoms with van der Waals surface area (Å²) in [6, 6.07) is 16.5. The molecule has 1 fully saturated rings. The number of thiocarbonyl (C=S) groups is 1. The Hall–Kier alpha value is -2.37. The first kappa shape index (κ1) is 16.5. The number of hydrogen-bond donors (Lipinski definition) is 1. The normalized spacial score (nSPS) is 17.0. The molecule has 0 unspecified atom stereocenters. The van der Waals surface area contributed by atoms with E-state index in [2.05, 4.69) is 0 Å². The molecule has 0 aromatic heterocycles. The fourth-order valence-corrected chi connectivity index (χ4v) is 3.73. The average Bonchev–Trinajstić information content (AvgIpc) is 2.82. The van der Waals surface area contributed by atoms with Gasteiger partial charge in [-0.15, -0.1) is 0 Å². The minimum absolute atomic E-state index is 0.102. The third-order valence-corrected chi connectivity index (χ3v) is 4.74. The Bertz CT molecular complexity index is 857. The van der Waals surface area contributed by atoms with Crippen LogP contribution in [0.4, 0.5) is 5.69 Å². The Balaban J connectivity index is 1.87. The highest BCUT2D eigenvalue weighted by Gasteiger charge is 2.33. The predicted molar refractivity (Wildman–Crippen MR) is 104 cm³/mol. The Morgan fingerprint density at radius 3 is 2.62 bits per heavy atom. The minimum Gasteiger partial charge on any atom is -0.508 e. The zero-order valence-electron chi connectivity index (χ0n) is 13.0. The SMILES string of the molecule is CC(=C\c1ccccc1)/C=C1/SC(=S)N(c2cccc(O)c2)C1=O. The number of hydrogen-bond acceptors (Lipinski definition) is 4. The van der Waals surface area contributed by atoms with Crippen molar-refractivity contribution in [3.8, 4) is 5.75 Å². The molecule has 0 bridgehead atoms. The summed E-state index contributed by atoms with van der Waals surface area (Å²) < 4.78 is 0.462. The number of phenolic OH excluding ortho intramolecular Hbond substituents is 1. The van der Waals surface area contributed by atoms with Crippen molar-refractivity contribution in [1.29, 1.82) is 0 Å². The van der Waals surface area contributed by atoms with E-state index < -0.39 is 0 Å². The summed E-state index contributed by atoms with van der Waals surface area (Å²) in [5.74, 6) is -0.0675. The fraction of sp³-hybridized carbons (Fsp3) is 0.0526. The molecule has 1 N–H and O–H groups in total. The number of allylic oxidation sites excluding steroid dienone is 2. The number of benzene rings is 2. The lowest BCUT2D eigenvalue weighted by Gasteiger charge is -2.14. The van der Waals surface area contributed by atoms with Crippen molar-refractivity contribution in [2.24, 2.45) is 0 Å². The molecule has 3 rings (SSSR count). The molecule has 1 saturated heterocycles. The topological polar surface area (TPSA) is 40.5 Å². The highest BCUT2D eigenvalue weighted by molar-refractivity contribution is 8.27. The van der Waals surface area contributed by atoms with Crippen molar-refractivity contribution < 1.29 is 9.90 Å². The summed E-state index contributed by atoms with van der Waals surface area (Å²) in [5.41, 5.74) is 2.62. The third-order valence-electron chi connectivity index (χ3n) is 3.43. The summed E-state index contributed by atoms with van der Waals surface area (Å²) in [5, 5.41) is 9.61. The highest BCUT2D eigenvalue weighted by atomic mass is 32.2. The lowest BCUT2D eigenvalue weighted by Crippen LogP contribution is -2.27. The number of phenols is 1. The molecule has 1 amide bonds. The van der Waals surface area contributed by atoms with Crippen molar-refractivity contribution in [3.05, 3.63) is 76.7 Å². The van der Waals surface area contributed by atoms with Gasteiger partial charge in [0.15, 0.2) is 4.32 Å². The van der Waals surface area contributed by atoms with E-state index in [-0.39, 0.29) is 11.7 Å². The van der Waals surface area contributed by atoms with Crippen molar-refractivity contribution in [3.63, 3.8) is 0 Å². The summed E-state index contributed by atoms with van der Waals surface area (Å²) in [6.45, 7) is 1.95. The second kappa shape index (κ2) is 7.03. The van der Waals surface area contributed by atoms with E-state index in [4.69, 9.17) is 12.2 Å². The Morgan fingerprint density at radius 1 is 1.17 bits per heavy atom. The zero-order valence-corrected chi connectivity index (χ0v) is 14.6. The molecule has 1 heterocycles. The van der Waals surface area contributed by atoms with Gasteiger partial charge in [0.1, 0.15) is 5.75 Å². The Morgan fingerprint density at radius 2 is 1.92 bits per heavy atom. The molecule has 0 spiro atoms. The van der Waals surface area contributed by atoms with Crippen molar-refractivity contribution in [2.75, 3.05) is 4.90 Å². The van der Waals surface area contributed by atoms with E-state index in [1.165, 1.54) is 22.7 Å². The maximum atomic E-state index is 12.7. The molecule has 2 aromatic rings. The first-order valence-corrected chi connectivity index (χ1v) is 8.57. The second-order valence-electron chi connectivity index (χ2n) is 5.34. The molecule has 0 saturated carbocycles. The number of anilines is 1. The van der Waals surface area contributed by atoms with E-state index in [9.17, 15) is 9.90 Å². The monoisotopic (exact) mass is 353 g/mol. The van der Waals surface area contributed by atoms with E-state index in [0.29, 0.717) is 14.9 Å². The molecule has 120 valence electrons. The smallest absolute Gasteiger partial charge is 0.270 e. The van der Waals surface area contributed by atoms with Gasteiger partial charge in [-0.25, -0.2) is 0 Å². The Labute approximate surface area is 150 Å². The minimum atomic E-state index is -0.170. The maximum Gasteiger partial charge on any atom is 0.270 e. The lowest BCUT2D eigenvalue weighted by atomic mass is 10.1. The molecule has 1 aliphatic heterocycles. The number of carbonyl (C=O) groups excluding carboxylic acids is 1. The van der Waals surface area contributed by atoms with Gasteiger partial charge in [-0.2, -0.15) is 0 Å². The van der Waals surface area contributed by atoms with Crippen LogP contribution in [0.15, 0.2) is 71.2 Å². The standard InChI is InChI=1S/C19H15NO2S2/c1-13(10-14-6-3-2-4-7-14)11-17-18(22)20(19(23)24-17)15-8-5-9-16(21)12-15/h2-12,21H,1H3/b13-10+,17-11+. The van der Waals surface area contributed by atoms with E-state index >= 15 is 0 Å². The van der Waals surface area contributed by atoms with Crippen LogP contribution < -0.4 is 4.90 Å². The highest BCUT2D eigenvalue weighted by Crippen LogP contribution is 2.36. The number of aromatic hydroxyl groups is 1. The molecule has 3 nitrogen and oxygen atoms in total. The first-order chi connectivity index (χ1) is 11.5. The summed E-state index contributed by atoms with van der Waals surface area (Å²) in [6.07, 6.45) is 3.86. The lowest BCUT2D eigenvalue weighted by molar-refractivity contribution is -0.113. The predicted octanol–water partition coefficient (Wildman–Crippen LogP) is 4.74. The summed E-state index contributed by atoms with van der Waals surface area (Å²) >= 11 is 6.60. The van der Waals surface area contributed by atoms with E-state index in [1.54, 1.807) is 18.2 Å². The molecular formula is C19H15NO2S2. The van der Waals surface area contributed by atoms with Gasteiger partial charge in [0.05, 0.1) is 10.6 Å². The average molecular weight is 353 g/mol. The zero-order chi connectivity index (χ0) is 17.1. The number of rotatable bonds is 3. The van der Waals surface area contributed by atoms with Crippen LogP contribution >= 0.6 is 24.0 Å². The largest absolute Gasteiger partial charge is 0.508 e. The molecule has 0 aliphatic carbocycles. The molecule has 0 radical (unpaired) electrons. The number of thioether (sulfide) groups is 1. The first-order valence-electron chi connectivity index (χ1n) is 7.35. The van der Waals surface area contributed by atoms with Crippen molar-refractivity contribution in [2.45, 2.75) is 6.92 Å². The van der Waals surface area contributed by atoms with Crippen molar-refractivity contribution >= 4 is 46.0 Å². The molecule has 1 aliphatic rings. The Kier molecular flexibility index (Phi) is 4.83. The van der Waals surface area contributed by atoms with Gasteiger partial charge in [0.25, 0.3) is 5.91 Å². The molecular weight excluding hydrogens is 338 g/mol. The van der Waals surface area contributed by atoms with Crippen LogP contribution in [0.25, 0.3) is 6.08 Å². The van der Waals surface area contributed by atoms with Crippen LogP contribution in [0.5, 0.6) is 5.75 Å². The molecule has 0 atom stereocenters. The quantitative estimate of drug-likeness (QED) is 0.639. The second-order valence-corrected chi connectivity index (χ2v) is 7.01. The van der Waals surface area contributed by atoms with Crippen LogP contribution in [0.2, 0.25) is 0 Å². The van der Waals surface area contributed by atoms with Crippen LogP contribution in [-0.2, 0) is 4.79 Å². The van der Waals surface area contributed by atoms with Crippen LogP contribution in [0.3, 0.4) is 0 Å². The maximum absolute atomic E-state index is 12.7. The summed E-state index contributed by atoms with van der Waals surface area (Å²) in [4.78, 5) is 14.7. The fourth-order valence-electron chi connectivity index (χ4n) is 2.38. The summed E-state index contributed by atoms with van der Waals surface area (Å²) in [7, 11) is 0. The van der Waals surface area contributed by atoms with Gasteiger partial charge in [-0.05, 0) is 36.3 Å². The van der Waals surface area contributed by atoms with Crippen LogP contribution in [0.1, 0.15) is 12.5 Å². The number of nitrogens with zero attached hydrogens (tertiary/aromatic N) is 1. The number of carbonyl (C=O) groups is 1. The van der Waals surface area contributed by atoms with Gasteiger partial charge in [-0.1, -0.05) is 66.5 Å². The van der Waals surface area contributed by atoms with Gasteiger partial charge >= 0.3 is 0 Å². The number of amides is 1. The van der Waals surface area contributed by atoms with Crippen LogP contribution in [0, 0.1) is 0 Å². The van der Waals surface area contributed by atoms with Gasteiger partial charge < -0.3 is 5.11 Å². The molecule has 2 aromatic carbocycles. The van der Waals surface area contributed by atoms with E-state index in [1.807, 2.05) is 49.4 Å². The van der Waals surface area contributed by atoms with Crippen molar-refractivity contribution in [1.82, 2.24) is 0 Å². The molecule has 24 heavy (non-hydrogen) atoms. The van der Waals surface area contributed by atoms with E-state index in [0.717, 1.165) is 11.1 Å². The van der Waals surface area contributed by atoms with Gasteiger partial charge in [0.2, 0.25) is 0 Å². The molecule has 5 heteroatoms.